The molecule has 5 rings (SSSR count). The molecule has 0 radical (unpaired) electrons. The van der Waals surface area contributed by atoms with Crippen molar-refractivity contribution in [2.24, 2.45) is 33.6 Å². The van der Waals surface area contributed by atoms with Crippen LogP contribution in [0.1, 0.15) is 36.8 Å². The molecule has 1 heterocycles. The molecule has 0 amide bonds. The molecule has 1 saturated carbocycles. The zero-order chi connectivity index (χ0) is 28.8. The van der Waals surface area contributed by atoms with Crippen LogP contribution in [0.5, 0.6) is 28.7 Å². The molecule has 11 nitrogen and oxygen atoms in total. The van der Waals surface area contributed by atoms with Gasteiger partial charge in [0.2, 0.25) is 0 Å². The molecular weight excluding hydrogens is 526 g/mol. The molecule has 11 heteroatoms. The molecule has 0 spiro atoms. The summed E-state index contributed by atoms with van der Waals surface area (Å²) in [7, 11) is 0. The summed E-state index contributed by atoms with van der Waals surface area (Å²) in [5.41, 5.74) is 12.4. The van der Waals surface area contributed by atoms with Crippen LogP contribution in [0.25, 0.3) is 0 Å². The van der Waals surface area contributed by atoms with Crippen LogP contribution >= 0.6 is 0 Å². The minimum absolute atomic E-state index is 0.0162. The number of carbonyl (C=O) groups excluding carboxylic acids is 1. The molecular formula is C30H33N5O6. The van der Waals surface area contributed by atoms with Gasteiger partial charge in [0.1, 0.15) is 28.7 Å². The summed E-state index contributed by atoms with van der Waals surface area (Å²) in [6, 6.07) is 18.3. The third-order valence-corrected chi connectivity index (χ3v) is 7.19. The lowest BCUT2D eigenvalue weighted by Gasteiger charge is -2.30. The van der Waals surface area contributed by atoms with E-state index in [4.69, 9.17) is 36.1 Å². The SMILES string of the molecule is NC(=NO)c1ccc(Oc2cc(OC(=O)C3CCN(CC4CC4)CC3)cc(Oc3ccc(C(N)=NO)cc3)c2)cc1. The van der Waals surface area contributed by atoms with Crippen LogP contribution in [0, 0.1) is 11.8 Å². The number of hydrogen-bond donors (Lipinski definition) is 4. The molecule has 0 atom stereocenters. The highest BCUT2D eigenvalue weighted by Gasteiger charge is 2.30. The molecule has 2 aliphatic rings. The van der Waals surface area contributed by atoms with Crippen LogP contribution in [-0.2, 0) is 4.79 Å². The van der Waals surface area contributed by atoms with Crippen LogP contribution in [0.3, 0.4) is 0 Å². The lowest BCUT2D eigenvalue weighted by Crippen LogP contribution is -2.38. The summed E-state index contributed by atoms with van der Waals surface area (Å²) < 4.78 is 17.9. The zero-order valence-electron chi connectivity index (χ0n) is 22.5. The number of esters is 1. The van der Waals surface area contributed by atoms with Gasteiger partial charge < -0.3 is 41.0 Å². The first kappa shape index (κ1) is 27.8. The van der Waals surface area contributed by atoms with Crippen molar-refractivity contribution in [1.29, 1.82) is 0 Å². The Hall–Kier alpha value is -4.77. The number of amidine groups is 2. The lowest BCUT2D eigenvalue weighted by molar-refractivity contribution is -0.140. The maximum absolute atomic E-state index is 13.1. The first-order valence-electron chi connectivity index (χ1n) is 13.5. The van der Waals surface area contributed by atoms with Crippen LogP contribution in [0.15, 0.2) is 77.0 Å². The smallest absolute Gasteiger partial charge is 0.314 e. The summed E-state index contributed by atoms with van der Waals surface area (Å²) in [6.45, 7) is 2.93. The number of hydrogen-bond acceptors (Lipinski definition) is 9. The maximum atomic E-state index is 13.1. The highest BCUT2D eigenvalue weighted by atomic mass is 16.5. The quantitative estimate of drug-likeness (QED) is 0.0699. The Kier molecular flexibility index (Phi) is 8.54. The molecule has 2 fully saturated rings. The van der Waals surface area contributed by atoms with E-state index in [0.29, 0.717) is 39.9 Å². The fourth-order valence-corrected chi connectivity index (χ4v) is 4.71. The Labute approximate surface area is 237 Å². The monoisotopic (exact) mass is 559 g/mol. The summed E-state index contributed by atoms with van der Waals surface area (Å²) in [5, 5.41) is 23.8. The Balaban J connectivity index is 1.32. The normalized spacial score (nSPS) is 16.8. The van der Waals surface area contributed by atoms with Crippen molar-refractivity contribution >= 4 is 17.6 Å². The predicted molar refractivity (Wildman–Crippen MR) is 152 cm³/mol. The van der Waals surface area contributed by atoms with E-state index in [0.717, 1.165) is 38.4 Å². The molecule has 1 aliphatic carbocycles. The van der Waals surface area contributed by atoms with Gasteiger partial charge in [-0.15, -0.1) is 0 Å². The van der Waals surface area contributed by atoms with Gasteiger partial charge in [-0.3, -0.25) is 4.79 Å². The zero-order valence-corrected chi connectivity index (χ0v) is 22.5. The van der Waals surface area contributed by atoms with Crippen molar-refractivity contribution in [3.8, 4) is 28.7 Å². The fraction of sp³-hybridized carbons (Fsp3) is 0.300. The number of oxime groups is 2. The Bertz CT molecular complexity index is 1330. The van der Waals surface area contributed by atoms with Crippen molar-refractivity contribution < 1.29 is 29.4 Å². The van der Waals surface area contributed by atoms with E-state index in [1.165, 1.54) is 12.8 Å². The molecule has 3 aromatic rings. The highest BCUT2D eigenvalue weighted by molar-refractivity contribution is 5.97. The molecule has 3 aromatic carbocycles. The van der Waals surface area contributed by atoms with Crippen LogP contribution in [0.2, 0.25) is 0 Å². The van der Waals surface area contributed by atoms with E-state index >= 15 is 0 Å². The number of benzene rings is 3. The van der Waals surface area contributed by atoms with Gasteiger partial charge in [-0.25, -0.2) is 0 Å². The van der Waals surface area contributed by atoms with Gasteiger partial charge in [-0.2, -0.15) is 0 Å². The topological polar surface area (TPSA) is 165 Å². The second-order valence-corrected chi connectivity index (χ2v) is 10.3. The second kappa shape index (κ2) is 12.6. The van der Waals surface area contributed by atoms with Gasteiger partial charge in [0.15, 0.2) is 11.7 Å². The number of nitrogens with zero attached hydrogens (tertiary/aromatic N) is 3. The standard InChI is InChI=1S/C30H33N5O6/c31-28(33-37)20-3-7-23(8-4-20)39-25-15-26(40-24-9-5-21(6-10-24)29(32)34-38)17-27(16-25)41-30(36)22-11-13-35(14-12-22)18-19-1-2-19/h3-10,15-17,19,22,37-38H,1-2,11-14,18H2,(H2,31,33)(H2,32,34). The maximum Gasteiger partial charge on any atom is 0.314 e. The largest absolute Gasteiger partial charge is 0.457 e. The minimum atomic E-state index is -0.273. The molecule has 214 valence electrons. The van der Waals surface area contributed by atoms with Gasteiger partial charge in [-0.05, 0) is 93.2 Å². The number of ether oxygens (including phenoxy) is 3. The van der Waals surface area contributed by atoms with E-state index in [-0.39, 0.29) is 23.6 Å². The Morgan fingerprint density at radius 3 is 1.63 bits per heavy atom. The van der Waals surface area contributed by atoms with E-state index in [2.05, 4.69) is 15.2 Å². The number of rotatable bonds is 10. The molecule has 1 aliphatic heterocycles. The summed E-state index contributed by atoms with van der Waals surface area (Å²) in [5.74, 6) is 2.39. The Morgan fingerprint density at radius 1 is 0.732 bits per heavy atom. The molecule has 0 aromatic heterocycles. The molecule has 0 bridgehead atoms. The van der Waals surface area contributed by atoms with Crippen molar-refractivity contribution in [2.45, 2.75) is 25.7 Å². The molecule has 41 heavy (non-hydrogen) atoms. The average molecular weight is 560 g/mol. The van der Waals surface area contributed by atoms with E-state index in [9.17, 15) is 4.79 Å². The van der Waals surface area contributed by atoms with Crippen molar-refractivity contribution in [3.05, 3.63) is 77.9 Å². The first-order chi connectivity index (χ1) is 19.9. The van der Waals surface area contributed by atoms with Gasteiger partial charge in [0.05, 0.1) is 5.92 Å². The summed E-state index contributed by atoms with van der Waals surface area (Å²) >= 11 is 0. The van der Waals surface area contributed by atoms with E-state index in [1.807, 2.05) is 0 Å². The Morgan fingerprint density at radius 2 is 1.20 bits per heavy atom. The molecule has 6 N–H and O–H groups in total. The summed E-state index contributed by atoms with van der Waals surface area (Å²) in [4.78, 5) is 15.5. The van der Waals surface area contributed by atoms with Crippen molar-refractivity contribution in [1.82, 2.24) is 4.90 Å². The average Bonchev–Trinajstić information content (AvgIpc) is 3.81. The molecule has 1 saturated heterocycles. The predicted octanol–water partition coefficient (Wildman–Crippen LogP) is 4.49. The third kappa shape index (κ3) is 7.46. The van der Waals surface area contributed by atoms with Gasteiger partial charge >= 0.3 is 5.97 Å². The van der Waals surface area contributed by atoms with Crippen molar-refractivity contribution in [3.63, 3.8) is 0 Å². The van der Waals surface area contributed by atoms with Gasteiger partial charge in [0.25, 0.3) is 0 Å². The molecule has 0 unspecified atom stereocenters. The van der Waals surface area contributed by atoms with Gasteiger partial charge in [-0.1, -0.05) is 10.3 Å². The summed E-state index contributed by atoms with van der Waals surface area (Å²) in [6.07, 6.45) is 4.17. The van der Waals surface area contributed by atoms with E-state index in [1.54, 1.807) is 66.7 Å². The van der Waals surface area contributed by atoms with E-state index < -0.39 is 0 Å². The number of likely N-dealkylation sites (tertiary alicyclic amines) is 1. The van der Waals surface area contributed by atoms with Crippen LogP contribution in [-0.4, -0.2) is 52.6 Å². The number of carbonyl (C=O) groups is 1. The van der Waals surface area contributed by atoms with Crippen molar-refractivity contribution in [2.75, 3.05) is 19.6 Å². The minimum Gasteiger partial charge on any atom is -0.457 e. The third-order valence-electron chi connectivity index (χ3n) is 7.19. The van der Waals surface area contributed by atoms with Gasteiger partial charge in [0, 0.05) is 35.9 Å². The lowest BCUT2D eigenvalue weighted by atomic mass is 9.97. The van der Waals surface area contributed by atoms with Crippen LogP contribution in [0.4, 0.5) is 0 Å². The fourth-order valence-electron chi connectivity index (χ4n) is 4.71. The number of nitrogens with two attached hydrogens (primary N) is 2. The first-order valence-corrected chi connectivity index (χ1v) is 13.5. The highest BCUT2D eigenvalue weighted by Crippen LogP contribution is 2.35. The van der Waals surface area contributed by atoms with Crippen LogP contribution < -0.4 is 25.7 Å². The second-order valence-electron chi connectivity index (χ2n) is 10.3. The number of piperidine rings is 1.